The maximum absolute atomic E-state index is 11.9. The van der Waals surface area contributed by atoms with Crippen LogP contribution in [0.4, 0.5) is 4.79 Å². The van der Waals surface area contributed by atoms with Crippen LogP contribution in [-0.2, 0) is 14.4 Å². The van der Waals surface area contributed by atoms with Crippen molar-refractivity contribution in [2.24, 2.45) is 11.7 Å². The molecule has 20 heavy (non-hydrogen) atoms. The Morgan fingerprint density at radius 3 is 2.40 bits per heavy atom. The van der Waals surface area contributed by atoms with Gasteiger partial charge in [-0.15, -0.1) is 0 Å². The van der Waals surface area contributed by atoms with Crippen molar-refractivity contribution in [3.05, 3.63) is 0 Å². The van der Waals surface area contributed by atoms with Crippen LogP contribution >= 0.6 is 0 Å². The SMILES string of the molecule is CC(C)(C)OC(=O)N1CCC(CNOCC(N)=O)CC1. The van der Waals surface area contributed by atoms with Crippen molar-refractivity contribution in [3.63, 3.8) is 0 Å². The first-order valence-electron chi connectivity index (χ1n) is 6.89. The summed E-state index contributed by atoms with van der Waals surface area (Å²) in [7, 11) is 0. The van der Waals surface area contributed by atoms with Gasteiger partial charge in [0.05, 0.1) is 0 Å². The standard InChI is InChI=1S/C13H25N3O4/c1-13(2,3)20-12(18)16-6-4-10(5-7-16)8-15-19-9-11(14)17/h10,15H,4-9H2,1-3H3,(H2,14,17). The molecule has 1 fully saturated rings. The van der Waals surface area contributed by atoms with Gasteiger partial charge in [0, 0.05) is 19.6 Å². The number of nitrogens with zero attached hydrogens (tertiary/aromatic N) is 1. The lowest BCUT2D eigenvalue weighted by atomic mass is 9.97. The molecule has 2 amide bonds. The Bertz CT molecular complexity index is 333. The Kier molecular flexibility index (Phi) is 6.22. The zero-order valence-corrected chi connectivity index (χ0v) is 12.5. The smallest absolute Gasteiger partial charge is 0.410 e. The van der Waals surface area contributed by atoms with Gasteiger partial charge in [0.25, 0.3) is 0 Å². The van der Waals surface area contributed by atoms with E-state index in [1.807, 2.05) is 20.8 Å². The maximum Gasteiger partial charge on any atom is 0.410 e. The second kappa shape index (κ2) is 7.44. The number of ether oxygens (including phenoxy) is 1. The highest BCUT2D eigenvalue weighted by Crippen LogP contribution is 2.19. The van der Waals surface area contributed by atoms with E-state index in [0.29, 0.717) is 25.6 Å². The number of hydrogen-bond acceptors (Lipinski definition) is 5. The molecule has 0 aromatic carbocycles. The van der Waals surface area contributed by atoms with Crippen LogP contribution in [0.15, 0.2) is 0 Å². The first-order valence-corrected chi connectivity index (χ1v) is 6.89. The summed E-state index contributed by atoms with van der Waals surface area (Å²) in [6.07, 6.45) is 1.51. The van der Waals surface area contributed by atoms with E-state index in [2.05, 4.69) is 5.48 Å². The zero-order chi connectivity index (χ0) is 15.2. The molecule has 7 nitrogen and oxygen atoms in total. The van der Waals surface area contributed by atoms with Gasteiger partial charge < -0.3 is 15.4 Å². The van der Waals surface area contributed by atoms with Crippen molar-refractivity contribution < 1.29 is 19.2 Å². The fourth-order valence-electron chi connectivity index (χ4n) is 1.95. The van der Waals surface area contributed by atoms with Gasteiger partial charge in [-0.25, -0.2) is 10.3 Å². The second-order valence-electron chi connectivity index (χ2n) is 6.01. The van der Waals surface area contributed by atoms with Gasteiger partial charge >= 0.3 is 6.09 Å². The predicted octanol–water partition coefficient (Wildman–Crippen LogP) is 0.640. The number of likely N-dealkylation sites (tertiary alicyclic amines) is 1. The fourth-order valence-corrected chi connectivity index (χ4v) is 1.95. The van der Waals surface area contributed by atoms with E-state index in [9.17, 15) is 9.59 Å². The summed E-state index contributed by atoms with van der Waals surface area (Å²) in [5.41, 5.74) is 7.22. The van der Waals surface area contributed by atoms with E-state index < -0.39 is 11.5 Å². The van der Waals surface area contributed by atoms with Gasteiger partial charge in [-0.05, 0) is 39.5 Å². The summed E-state index contributed by atoms with van der Waals surface area (Å²) in [5, 5.41) is 0. The number of amides is 2. The number of piperidine rings is 1. The molecule has 0 spiro atoms. The third-order valence-corrected chi connectivity index (χ3v) is 2.95. The molecule has 0 bridgehead atoms. The lowest BCUT2D eigenvalue weighted by Crippen LogP contribution is -2.43. The van der Waals surface area contributed by atoms with Crippen molar-refractivity contribution in [1.82, 2.24) is 10.4 Å². The first kappa shape index (κ1) is 16.7. The van der Waals surface area contributed by atoms with Gasteiger partial charge in [-0.2, -0.15) is 0 Å². The highest BCUT2D eigenvalue weighted by atomic mass is 16.6. The summed E-state index contributed by atoms with van der Waals surface area (Å²) in [6.45, 7) is 7.45. The number of carbonyl (C=O) groups is 2. The van der Waals surface area contributed by atoms with Crippen LogP contribution in [0.2, 0.25) is 0 Å². The van der Waals surface area contributed by atoms with Crippen LogP contribution in [0.1, 0.15) is 33.6 Å². The van der Waals surface area contributed by atoms with Gasteiger partial charge in [-0.3, -0.25) is 9.63 Å². The summed E-state index contributed by atoms with van der Waals surface area (Å²) in [6, 6.07) is 0. The third-order valence-electron chi connectivity index (χ3n) is 2.95. The predicted molar refractivity (Wildman–Crippen MR) is 73.7 cm³/mol. The van der Waals surface area contributed by atoms with Crippen LogP contribution in [0.5, 0.6) is 0 Å². The molecule has 0 saturated carbocycles. The summed E-state index contributed by atoms with van der Waals surface area (Å²) >= 11 is 0. The molecule has 1 aliphatic rings. The molecule has 0 atom stereocenters. The van der Waals surface area contributed by atoms with Crippen molar-refractivity contribution in [1.29, 1.82) is 0 Å². The van der Waals surface area contributed by atoms with E-state index in [4.69, 9.17) is 15.3 Å². The molecule has 1 saturated heterocycles. The van der Waals surface area contributed by atoms with E-state index in [1.54, 1.807) is 4.90 Å². The van der Waals surface area contributed by atoms with Crippen molar-refractivity contribution >= 4 is 12.0 Å². The molecule has 0 unspecified atom stereocenters. The molecule has 7 heteroatoms. The Morgan fingerprint density at radius 1 is 1.30 bits per heavy atom. The van der Waals surface area contributed by atoms with Crippen molar-refractivity contribution in [2.45, 2.75) is 39.2 Å². The van der Waals surface area contributed by atoms with Gasteiger partial charge in [-0.1, -0.05) is 0 Å². The Labute approximate surface area is 119 Å². The van der Waals surface area contributed by atoms with E-state index in [0.717, 1.165) is 12.8 Å². The minimum atomic E-state index is -0.503. The van der Waals surface area contributed by atoms with Crippen molar-refractivity contribution in [2.75, 3.05) is 26.2 Å². The van der Waals surface area contributed by atoms with Gasteiger partial charge in [0.15, 0.2) is 0 Å². The Balaban J connectivity index is 2.19. The van der Waals surface area contributed by atoms with Crippen molar-refractivity contribution in [3.8, 4) is 0 Å². The molecule has 3 N–H and O–H groups in total. The van der Waals surface area contributed by atoms with Crippen LogP contribution < -0.4 is 11.2 Å². The third kappa shape index (κ3) is 6.72. The van der Waals surface area contributed by atoms with Gasteiger partial charge in [0.1, 0.15) is 12.2 Å². The monoisotopic (exact) mass is 287 g/mol. The molecule has 0 radical (unpaired) electrons. The zero-order valence-electron chi connectivity index (χ0n) is 12.5. The van der Waals surface area contributed by atoms with Crippen LogP contribution in [-0.4, -0.2) is 48.7 Å². The van der Waals surface area contributed by atoms with Gasteiger partial charge in [0.2, 0.25) is 5.91 Å². The highest BCUT2D eigenvalue weighted by Gasteiger charge is 2.26. The number of hydrogen-bond donors (Lipinski definition) is 2. The first-order chi connectivity index (χ1) is 9.28. The molecular formula is C13H25N3O4. The number of rotatable bonds is 5. The quantitative estimate of drug-likeness (QED) is 0.571. The Hall–Kier alpha value is -1.34. The van der Waals surface area contributed by atoms with E-state index >= 15 is 0 Å². The molecule has 116 valence electrons. The fraction of sp³-hybridized carbons (Fsp3) is 0.846. The molecule has 0 aromatic heterocycles. The summed E-state index contributed by atoms with van der Waals surface area (Å²) in [5.74, 6) is -0.0844. The summed E-state index contributed by atoms with van der Waals surface area (Å²) in [4.78, 5) is 29.0. The molecule has 1 aliphatic heterocycles. The number of carbonyl (C=O) groups excluding carboxylic acids is 2. The second-order valence-corrected chi connectivity index (χ2v) is 6.01. The topological polar surface area (TPSA) is 93.9 Å². The minimum Gasteiger partial charge on any atom is -0.444 e. The molecule has 1 rings (SSSR count). The normalized spacial score (nSPS) is 17.1. The molecule has 0 aliphatic carbocycles. The maximum atomic E-state index is 11.9. The number of nitrogens with two attached hydrogens (primary N) is 1. The average molecular weight is 287 g/mol. The number of nitrogens with one attached hydrogen (secondary N) is 1. The Morgan fingerprint density at radius 2 is 1.90 bits per heavy atom. The van der Waals surface area contributed by atoms with Crippen LogP contribution in [0, 0.1) is 5.92 Å². The highest BCUT2D eigenvalue weighted by molar-refractivity contribution is 5.74. The molecular weight excluding hydrogens is 262 g/mol. The lowest BCUT2D eigenvalue weighted by molar-refractivity contribution is -0.125. The lowest BCUT2D eigenvalue weighted by Gasteiger charge is -2.33. The van der Waals surface area contributed by atoms with Crippen LogP contribution in [0.25, 0.3) is 0 Å². The van der Waals surface area contributed by atoms with Crippen LogP contribution in [0.3, 0.4) is 0 Å². The number of primary amides is 1. The molecule has 0 aromatic rings. The van der Waals surface area contributed by atoms with E-state index in [-0.39, 0.29) is 12.7 Å². The molecule has 1 heterocycles. The summed E-state index contributed by atoms with van der Waals surface area (Å²) < 4.78 is 5.33. The largest absolute Gasteiger partial charge is 0.444 e. The average Bonchev–Trinajstić information content (AvgIpc) is 2.33. The van der Waals surface area contributed by atoms with E-state index in [1.165, 1.54) is 0 Å². The minimum absolute atomic E-state index is 0.128. The number of hydroxylamine groups is 1.